The van der Waals surface area contributed by atoms with Gasteiger partial charge in [0.25, 0.3) is 11.5 Å². The number of pyridine rings is 1. The zero-order valence-electron chi connectivity index (χ0n) is 13.3. The van der Waals surface area contributed by atoms with Crippen LogP contribution in [-0.2, 0) is 11.3 Å². The van der Waals surface area contributed by atoms with Crippen LogP contribution in [0, 0.1) is 0 Å². The molecule has 1 aliphatic rings. The third-order valence-corrected chi connectivity index (χ3v) is 3.97. The standard InChI is InChI=1S/C17H20N2O4/c1-12-11-22-13(2)9-19(12)17(21)15-7-6-14(23-15)10-18-8-4-3-5-16(18)20/h3-8,12-13H,9-11H2,1-2H3/t12-,13-/m1/s1. The fourth-order valence-electron chi connectivity index (χ4n) is 2.66. The molecule has 1 fully saturated rings. The first-order valence-corrected chi connectivity index (χ1v) is 7.71. The molecule has 2 aromatic rings. The van der Waals surface area contributed by atoms with Gasteiger partial charge in [-0.15, -0.1) is 0 Å². The van der Waals surface area contributed by atoms with Gasteiger partial charge in [0.2, 0.25) is 0 Å². The second-order valence-corrected chi connectivity index (χ2v) is 5.88. The van der Waals surface area contributed by atoms with Gasteiger partial charge in [0.1, 0.15) is 5.76 Å². The van der Waals surface area contributed by atoms with Gasteiger partial charge in [0.05, 0.1) is 25.3 Å². The van der Waals surface area contributed by atoms with Gasteiger partial charge in [-0.2, -0.15) is 0 Å². The number of carbonyl (C=O) groups excluding carboxylic acids is 1. The normalized spacial score (nSPS) is 21.4. The summed E-state index contributed by atoms with van der Waals surface area (Å²) < 4.78 is 12.7. The van der Waals surface area contributed by atoms with E-state index in [1.165, 1.54) is 10.6 Å². The molecule has 1 saturated heterocycles. The Morgan fingerprint density at radius 3 is 2.87 bits per heavy atom. The van der Waals surface area contributed by atoms with Crippen molar-refractivity contribution in [3.05, 3.63) is 58.4 Å². The third kappa shape index (κ3) is 3.37. The molecule has 0 saturated carbocycles. The van der Waals surface area contributed by atoms with Crippen LogP contribution in [0.5, 0.6) is 0 Å². The molecule has 0 spiro atoms. The first kappa shape index (κ1) is 15.6. The Bertz CT molecular complexity index is 749. The molecule has 6 nitrogen and oxygen atoms in total. The molecule has 0 unspecified atom stereocenters. The van der Waals surface area contributed by atoms with Crippen molar-refractivity contribution in [2.45, 2.75) is 32.5 Å². The molecule has 1 aliphatic heterocycles. The van der Waals surface area contributed by atoms with Crippen molar-refractivity contribution in [1.29, 1.82) is 0 Å². The topological polar surface area (TPSA) is 64.7 Å². The van der Waals surface area contributed by atoms with Crippen molar-refractivity contribution in [3.8, 4) is 0 Å². The van der Waals surface area contributed by atoms with Crippen LogP contribution < -0.4 is 5.56 Å². The van der Waals surface area contributed by atoms with Crippen LogP contribution in [0.1, 0.15) is 30.2 Å². The molecule has 1 amide bonds. The molecule has 6 heteroatoms. The highest BCUT2D eigenvalue weighted by Crippen LogP contribution is 2.17. The summed E-state index contributed by atoms with van der Waals surface area (Å²) in [6.07, 6.45) is 1.71. The molecule has 2 aromatic heterocycles. The summed E-state index contributed by atoms with van der Waals surface area (Å²) in [5.41, 5.74) is -0.104. The minimum absolute atomic E-state index is 0.0176. The second-order valence-electron chi connectivity index (χ2n) is 5.88. The maximum atomic E-state index is 12.6. The van der Waals surface area contributed by atoms with E-state index in [2.05, 4.69) is 0 Å². The van der Waals surface area contributed by atoms with Crippen molar-refractivity contribution in [2.24, 2.45) is 0 Å². The number of hydrogen-bond donors (Lipinski definition) is 0. The zero-order valence-corrected chi connectivity index (χ0v) is 13.3. The van der Waals surface area contributed by atoms with E-state index < -0.39 is 0 Å². The van der Waals surface area contributed by atoms with E-state index in [0.717, 1.165) is 0 Å². The number of nitrogens with zero attached hydrogens (tertiary/aromatic N) is 2. The predicted octanol–water partition coefficient (Wildman–Crippen LogP) is 1.74. The third-order valence-electron chi connectivity index (χ3n) is 3.97. The number of carbonyl (C=O) groups is 1. The van der Waals surface area contributed by atoms with E-state index in [-0.39, 0.29) is 23.6 Å². The number of rotatable bonds is 3. The first-order valence-electron chi connectivity index (χ1n) is 7.71. The summed E-state index contributed by atoms with van der Waals surface area (Å²) in [5, 5.41) is 0. The average Bonchev–Trinajstić information content (AvgIpc) is 3.00. The predicted molar refractivity (Wildman–Crippen MR) is 84.4 cm³/mol. The molecule has 122 valence electrons. The fraction of sp³-hybridized carbons (Fsp3) is 0.412. The van der Waals surface area contributed by atoms with Gasteiger partial charge in [-0.05, 0) is 32.0 Å². The Labute approximate surface area is 134 Å². The summed E-state index contributed by atoms with van der Waals surface area (Å²) in [5.74, 6) is 0.736. The number of aromatic nitrogens is 1. The Morgan fingerprint density at radius 1 is 1.26 bits per heavy atom. The van der Waals surface area contributed by atoms with Gasteiger partial charge >= 0.3 is 0 Å². The number of amides is 1. The van der Waals surface area contributed by atoms with E-state index in [1.54, 1.807) is 35.4 Å². The Balaban J connectivity index is 1.75. The van der Waals surface area contributed by atoms with Crippen LogP contribution in [-0.4, -0.2) is 40.7 Å². The minimum atomic E-state index is -0.140. The second kappa shape index (κ2) is 6.42. The van der Waals surface area contributed by atoms with Gasteiger partial charge in [-0.25, -0.2) is 0 Å². The van der Waals surface area contributed by atoms with E-state index in [0.29, 0.717) is 31.2 Å². The molecule has 0 aromatic carbocycles. The highest BCUT2D eigenvalue weighted by molar-refractivity contribution is 5.91. The van der Waals surface area contributed by atoms with Crippen LogP contribution in [0.4, 0.5) is 0 Å². The number of hydrogen-bond acceptors (Lipinski definition) is 4. The highest BCUT2D eigenvalue weighted by Gasteiger charge is 2.29. The van der Waals surface area contributed by atoms with E-state index >= 15 is 0 Å². The van der Waals surface area contributed by atoms with Gasteiger partial charge in [0, 0.05) is 18.8 Å². The van der Waals surface area contributed by atoms with Crippen molar-refractivity contribution < 1.29 is 13.9 Å². The lowest BCUT2D eigenvalue weighted by Crippen LogP contribution is -2.50. The van der Waals surface area contributed by atoms with Gasteiger partial charge in [0.15, 0.2) is 5.76 Å². The van der Waals surface area contributed by atoms with E-state index in [1.807, 2.05) is 13.8 Å². The summed E-state index contributed by atoms with van der Waals surface area (Å²) in [4.78, 5) is 26.1. The zero-order chi connectivity index (χ0) is 16.4. The molecular formula is C17H20N2O4. The van der Waals surface area contributed by atoms with Crippen LogP contribution in [0.15, 0.2) is 45.7 Å². The lowest BCUT2D eigenvalue weighted by atomic mass is 10.2. The van der Waals surface area contributed by atoms with Crippen molar-refractivity contribution >= 4 is 5.91 Å². The maximum Gasteiger partial charge on any atom is 0.289 e. The summed E-state index contributed by atoms with van der Waals surface area (Å²) >= 11 is 0. The molecule has 3 rings (SSSR count). The SMILES string of the molecule is C[C@@H]1CN(C(=O)c2ccc(Cn3ccccc3=O)o2)[C@H](C)CO1. The molecule has 23 heavy (non-hydrogen) atoms. The summed E-state index contributed by atoms with van der Waals surface area (Å²) in [6.45, 7) is 5.29. The monoisotopic (exact) mass is 316 g/mol. The van der Waals surface area contributed by atoms with Crippen molar-refractivity contribution in [2.75, 3.05) is 13.2 Å². The molecule has 0 aliphatic carbocycles. The average molecular weight is 316 g/mol. The van der Waals surface area contributed by atoms with E-state index in [9.17, 15) is 9.59 Å². The Morgan fingerprint density at radius 2 is 2.09 bits per heavy atom. The van der Waals surface area contributed by atoms with Crippen molar-refractivity contribution in [3.63, 3.8) is 0 Å². The fourth-order valence-corrected chi connectivity index (χ4v) is 2.66. The van der Waals surface area contributed by atoms with Crippen LogP contribution in [0.2, 0.25) is 0 Å². The number of furan rings is 1. The number of morpholine rings is 1. The lowest BCUT2D eigenvalue weighted by Gasteiger charge is -2.36. The molecule has 0 bridgehead atoms. The molecule has 0 N–H and O–H groups in total. The Kier molecular flexibility index (Phi) is 4.34. The van der Waals surface area contributed by atoms with Crippen molar-refractivity contribution in [1.82, 2.24) is 9.47 Å². The van der Waals surface area contributed by atoms with Crippen LogP contribution >= 0.6 is 0 Å². The molecule has 0 radical (unpaired) electrons. The first-order chi connectivity index (χ1) is 11.0. The lowest BCUT2D eigenvalue weighted by molar-refractivity contribution is -0.0396. The highest BCUT2D eigenvalue weighted by atomic mass is 16.5. The quantitative estimate of drug-likeness (QED) is 0.865. The largest absolute Gasteiger partial charge is 0.454 e. The van der Waals surface area contributed by atoms with Crippen LogP contribution in [0.25, 0.3) is 0 Å². The Hall–Kier alpha value is -2.34. The van der Waals surface area contributed by atoms with Gasteiger partial charge < -0.3 is 18.6 Å². The summed E-state index contributed by atoms with van der Waals surface area (Å²) in [6, 6.07) is 8.39. The van der Waals surface area contributed by atoms with E-state index in [4.69, 9.17) is 9.15 Å². The van der Waals surface area contributed by atoms with Crippen LogP contribution in [0.3, 0.4) is 0 Å². The molecule has 2 atom stereocenters. The molecular weight excluding hydrogens is 296 g/mol. The molecule has 3 heterocycles. The minimum Gasteiger partial charge on any atom is -0.454 e. The summed E-state index contributed by atoms with van der Waals surface area (Å²) in [7, 11) is 0. The van der Waals surface area contributed by atoms with Gasteiger partial charge in [-0.1, -0.05) is 6.07 Å². The maximum absolute atomic E-state index is 12.6. The smallest absolute Gasteiger partial charge is 0.289 e. The van der Waals surface area contributed by atoms with Gasteiger partial charge in [-0.3, -0.25) is 9.59 Å². The number of ether oxygens (including phenoxy) is 1.